The van der Waals surface area contributed by atoms with Gasteiger partial charge in [0.2, 0.25) is 0 Å². The molecule has 0 spiro atoms. The first kappa shape index (κ1) is 27.0. The predicted molar refractivity (Wildman–Crippen MR) is 150 cm³/mol. The van der Waals surface area contributed by atoms with Crippen LogP contribution in [-0.4, -0.2) is 27.4 Å². The highest BCUT2D eigenvalue weighted by atomic mass is 79.9. The van der Waals surface area contributed by atoms with Crippen molar-refractivity contribution >= 4 is 38.7 Å². The Morgan fingerprint density at radius 1 is 1.11 bits per heavy atom. The summed E-state index contributed by atoms with van der Waals surface area (Å²) in [6.45, 7) is 6.47. The summed E-state index contributed by atoms with van der Waals surface area (Å²) >= 11 is 3.42. The van der Waals surface area contributed by atoms with Crippen molar-refractivity contribution in [2.75, 3.05) is 6.61 Å². The van der Waals surface area contributed by atoms with Gasteiger partial charge in [-0.15, -0.1) is 0 Å². The van der Waals surface area contributed by atoms with Crippen LogP contribution in [0.4, 0.5) is 5.69 Å². The van der Waals surface area contributed by atoms with Crippen molar-refractivity contribution < 1.29 is 14.4 Å². The zero-order valence-corrected chi connectivity index (χ0v) is 22.8. The standard InChI is InChI=1S/C28H27BrN4O5/c1-4-18(3)27-31-24-11-10-21(29)15-23(24)28(34)32(27)30-16-19-9-12-25(26(14-19)37-5-2)38-17-20-7-6-8-22(13-20)33(35)36/h6-16,18H,4-5,17H2,1-3H3/t18-/m1/s1. The number of nitro groups is 1. The van der Waals surface area contributed by atoms with Gasteiger partial charge in [-0.05, 0) is 60.9 Å². The van der Waals surface area contributed by atoms with Gasteiger partial charge in [0, 0.05) is 22.5 Å². The number of rotatable bonds is 10. The molecule has 0 saturated heterocycles. The molecule has 1 heterocycles. The number of halogens is 1. The fourth-order valence-corrected chi connectivity index (χ4v) is 4.18. The summed E-state index contributed by atoms with van der Waals surface area (Å²) in [6.07, 6.45) is 2.39. The number of nitro benzene ring substituents is 1. The number of hydrogen-bond acceptors (Lipinski definition) is 7. The lowest BCUT2D eigenvalue weighted by molar-refractivity contribution is -0.384. The molecule has 9 nitrogen and oxygen atoms in total. The maximum Gasteiger partial charge on any atom is 0.282 e. The van der Waals surface area contributed by atoms with Crippen LogP contribution in [-0.2, 0) is 6.61 Å². The molecule has 0 bridgehead atoms. The molecule has 196 valence electrons. The zero-order chi connectivity index (χ0) is 27.2. The molecule has 0 saturated carbocycles. The highest BCUT2D eigenvalue weighted by Gasteiger charge is 2.16. The molecular formula is C28H27BrN4O5. The molecule has 4 aromatic rings. The first-order valence-corrected chi connectivity index (χ1v) is 13.0. The van der Waals surface area contributed by atoms with Gasteiger partial charge in [0.05, 0.1) is 28.6 Å². The third kappa shape index (κ3) is 6.08. The van der Waals surface area contributed by atoms with Crippen molar-refractivity contribution in [3.63, 3.8) is 0 Å². The van der Waals surface area contributed by atoms with E-state index in [0.29, 0.717) is 46.0 Å². The lowest BCUT2D eigenvalue weighted by Crippen LogP contribution is -2.23. The van der Waals surface area contributed by atoms with E-state index >= 15 is 0 Å². The van der Waals surface area contributed by atoms with Crippen LogP contribution in [0.2, 0.25) is 0 Å². The Bertz CT molecular complexity index is 1570. The van der Waals surface area contributed by atoms with Crippen molar-refractivity contribution in [3.8, 4) is 11.5 Å². The predicted octanol–water partition coefficient (Wildman–Crippen LogP) is 6.44. The number of fused-ring (bicyclic) bond motifs is 1. The van der Waals surface area contributed by atoms with Gasteiger partial charge in [-0.3, -0.25) is 14.9 Å². The van der Waals surface area contributed by atoms with Crippen LogP contribution in [0, 0.1) is 10.1 Å². The van der Waals surface area contributed by atoms with Crippen LogP contribution in [0.25, 0.3) is 10.9 Å². The molecule has 0 amide bonds. The normalized spacial score (nSPS) is 12.1. The Morgan fingerprint density at radius 3 is 2.66 bits per heavy atom. The van der Waals surface area contributed by atoms with Crippen molar-refractivity contribution in [1.82, 2.24) is 9.66 Å². The molecule has 1 aromatic heterocycles. The van der Waals surface area contributed by atoms with E-state index in [-0.39, 0.29) is 23.8 Å². The summed E-state index contributed by atoms with van der Waals surface area (Å²) in [4.78, 5) is 28.7. The Balaban J connectivity index is 1.65. The van der Waals surface area contributed by atoms with Crippen LogP contribution in [0.1, 0.15) is 50.1 Å². The summed E-state index contributed by atoms with van der Waals surface area (Å²) in [7, 11) is 0. The Morgan fingerprint density at radius 2 is 1.92 bits per heavy atom. The first-order chi connectivity index (χ1) is 18.3. The van der Waals surface area contributed by atoms with E-state index in [2.05, 4.69) is 21.0 Å². The van der Waals surface area contributed by atoms with Gasteiger partial charge in [0.1, 0.15) is 12.4 Å². The first-order valence-electron chi connectivity index (χ1n) is 12.2. The minimum absolute atomic E-state index is 0.00484. The summed E-state index contributed by atoms with van der Waals surface area (Å²) in [5.41, 5.74) is 1.76. The lowest BCUT2D eigenvalue weighted by atomic mass is 10.1. The average Bonchev–Trinajstić information content (AvgIpc) is 2.92. The molecule has 0 aliphatic rings. The maximum atomic E-state index is 13.4. The van der Waals surface area contributed by atoms with E-state index < -0.39 is 4.92 Å². The molecule has 38 heavy (non-hydrogen) atoms. The van der Waals surface area contributed by atoms with E-state index in [4.69, 9.17) is 14.5 Å². The van der Waals surface area contributed by atoms with Gasteiger partial charge in [0.25, 0.3) is 11.2 Å². The molecular weight excluding hydrogens is 552 g/mol. The summed E-state index contributed by atoms with van der Waals surface area (Å²) < 4.78 is 13.8. The van der Waals surface area contributed by atoms with Gasteiger partial charge < -0.3 is 9.47 Å². The Kier molecular flexibility index (Phi) is 8.52. The van der Waals surface area contributed by atoms with Crippen LogP contribution in [0.5, 0.6) is 11.5 Å². The van der Waals surface area contributed by atoms with Gasteiger partial charge >= 0.3 is 0 Å². The largest absolute Gasteiger partial charge is 0.490 e. The summed E-state index contributed by atoms with van der Waals surface area (Å²) in [5, 5.41) is 16.0. The van der Waals surface area contributed by atoms with E-state index in [0.717, 1.165) is 10.9 Å². The van der Waals surface area contributed by atoms with E-state index in [1.807, 2.05) is 32.9 Å². The van der Waals surface area contributed by atoms with E-state index in [1.54, 1.807) is 42.6 Å². The molecule has 0 radical (unpaired) electrons. The molecule has 0 fully saturated rings. The lowest BCUT2D eigenvalue weighted by Gasteiger charge is -2.14. The van der Waals surface area contributed by atoms with Crippen LogP contribution in [0.15, 0.2) is 75.0 Å². The number of benzene rings is 3. The summed E-state index contributed by atoms with van der Waals surface area (Å²) in [6, 6.07) is 17.0. The molecule has 10 heteroatoms. The number of ether oxygens (including phenoxy) is 2. The Labute approximate surface area is 228 Å². The SMILES string of the molecule is CCOc1cc(C=Nn2c([C@H](C)CC)nc3ccc(Br)cc3c2=O)ccc1OCc1cccc([N+](=O)[O-])c1. The average molecular weight is 579 g/mol. The molecule has 0 aliphatic heterocycles. The van der Waals surface area contributed by atoms with Crippen molar-refractivity contribution in [3.05, 3.63) is 103 Å². The molecule has 0 aliphatic carbocycles. The van der Waals surface area contributed by atoms with Gasteiger partial charge in [-0.25, -0.2) is 4.98 Å². The van der Waals surface area contributed by atoms with Crippen LogP contribution in [0.3, 0.4) is 0 Å². The quantitative estimate of drug-likeness (QED) is 0.122. The number of aromatic nitrogens is 2. The Hall–Kier alpha value is -4.05. The number of hydrogen-bond donors (Lipinski definition) is 0. The highest BCUT2D eigenvalue weighted by Crippen LogP contribution is 2.29. The van der Waals surface area contributed by atoms with Gasteiger partial charge in [-0.2, -0.15) is 9.78 Å². The fraction of sp³-hybridized carbons (Fsp3) is 0.250. The number of nitrogens with zero attached hydrogens (tertiary/aromatic N) is 4. The second-order valence-electron chi connectivity index (χ2n) is 8.66. The summed E-state index contributed by atoms with van der Waals surface area (Å²) in [5.74, 6) is 1.60. The van der Waals surface area contributed by atoms with Crippen molar-refractivity contribution in [1.29, 1.82) is 0 Å². The van der Waals surface area contributed by atoms with Gasteiger partial charge in [0.15, 0.2) is 11.5 Å². The molecule has 0 N–H and O–H groups in total. The maximum absolute atomic E-state index is 13.4. The van der Waals surface area contributed by atoms with Crippen molar-refractivity contribution in [2.45, 2.75) is 39.7 Å². The van der Waals surface area contributed by atoms with E-state index in [9.17, 15) is 14.9 Å². The third-order valence-corrected chi connectivity index (χ3v) is 6.49. The molecule has 0 unspecified atom stereocenters. The fourth-order valence-electron chi connectivity index (χ4n) is 3.82. The monoisotopic (exact) mass is 578 g/mol. The third-order valence-electron chi connectivity index (χ3n) is 5.99. The van der Waals surface area contributed by atoms with Crippen molar-refractivity contribution in [2.24, 2.45) is 5.10 Å². The minimum atomic E-state index is -0.439. The zero-order valence-electron chi connectivity index (χ0n) is 21.3. The van der Waals surface area contributed by atoms with Gasteiger partial charge in [-0.1, -0.05) is 41.9 Å². The number of non-ortho nitro benzene ring substituents is 1. The second-order valence-corrected chi connectivity index (χ2v) is 9.57. The molecule has 4 rings (SSSR count). The van der Waals surface area contributed by atoms with E-state index in [1.165, 1.54) is 16.8 Å². The van der Waals surface area contributed by atoms with Crippen LogP contribution < -0.4 is 15.0 Å². The smallest absolute Gasteiger partial charge is 0.282 e. The molecule has 3 aromatic carbocycles. The molecule has 1 atom stereocenters. The highest BCUT2D eigenvalue weighted by molar-refractivity contribution is 9.10. The van der Waals surface area contributed by atoms with Crippen LogP contribution >= 0.6 is 15.9 Å². The topological polar surface area (TPSA) is 109 Å². The minimum Gasteiger partial charge on any atom is -0.490 e. The second kappa shape index (κ2) is 12.0.